The highest BCUT2D eigenvalue weighted by atomic mass is 16.1. The number of aromatic nitrogens is 3. The van der Waals surface area contributed by atoms with Crippen LogP contribution in [0.15, 0.2) is 11.0 Å². The summed E-state index contributed by atoms with van der Waals surface area (Å²) in [6.45, 7) is 2.08. The van der Waals surface area contributed by atoms with Crippen molar-refractivity contribution in [1.29, 1.82) is 0 Å². The molecular weight excluding hydrogens is 202 g/mol. The lowest BCUT2D eigenvalue weighted by atomic mass is 9.97. The molecule has 1 aliphatic rings. The van der Waals surface area contributed by atoms with Crippen LogP contribution in [0.25, 0.3) is 5.65 Å². The molecule has 0 amide bonds. The molecule has 1 N–H and O–H groups in total. The number of nitrogens with zero attached hydrogens (tertiary/aromatic N) is 2. The molecule has 4 heteroatoms. The van der Waals surface area contributed by atoms with E-state index in [9.17, 15) is 4.79 Å². The molecule has 0 aliphatic heterocycles. The Hall–Kier alpha value is -1.58. The number of H-pyrrole nitrogens is 1. The highest BCUT2D eigenvalue weighted by Crippen LogP contribution is 2.18. The minimum Gasteiger partial charge on any atom is -0.297 e. The lowest BCUT2D eigenvalue weighted by Gasteiger charge is -2.13. The van der Waals surface area contributed by atoms with Gasteiger partial charge in [-0.1, -0.05) is 6.92 Å². The molecule has 16 heavy (non-hydrogen) atoms. The van der Waals surface area contributed by atoms with Crippen molar-refractivity contribution in [3.8, 4) is 0 Å². The molecule has 0 atom stereocenters. The lowest BCUT2D eigenvalue weighted by Crippen LogP contribution is -2.25. The van der Waals surface area contributed by atoms with Crippen LogP contribution in [0.4, 0.5) is 0 Å². The fraction of sp³-hybridized carbons (Fsp3) is 0.500. The second kappa shape index (κ2) is 3.47. The van der Waals surface area contributed by atoms with Crippen molar-refractivity contribution in [3.63, 3.8) is 0 Å². The van der Waals surface area contributed by atoms with Crippen LogP contribution >= 0.6 is 0 Å². The maximum absolute atomic E-state index is 12.2. The standard InChI is InChI=1S/C12H15N3O/c1-2-8-7-13-15-11(8)14-10-6-4-3-5-9(10)12(15)16/h7,13H,2-6H2,1H3. The molecule has 84 valence electrons. The molecule has 0 bridgehead atoms. The fourth-order valence-corrected chi connectivity index (χ4v) is 2.45. The number of hydrogen-bond acceptors (Lipinski definition) is 2. The highest BCUT2D eigenvalue weighted by molar-refractivity contribution is 5.48. The van der Waals surface area contributed by atoms with Gasteiger partial charge < -0.3 is 0 Å². The van der Waals surface area contributed by atoms with Crippen LogP contribution in [0, 0.1) is 0 Å². The van der Waals surface area contributed by atoms with Crippen molar-refractivity contribution in [2.45, 2.75) is 39.0 Å². The molecule has 0 aromatic carbocycles. The lowest BCUT2D eigenvalue weighted by molar-refractivity contribution is 0.651. The van der Waals surface area contributed by atoms with Gasteiger partial charge in [-0.15, -0.1) is 0 Å². The van der Waals surface area contributed by atoms with Gasteiger partial charge in [0.1, 0.15) is 0 Å². The van der Waals surface area contributed by atoms with Crippen LogP contribution in [-0.4, -0.2) is 14.6 Å². The van der Waals surface area contributed by atoms with E-state index in [-0.39, 0.29) is 5.56 Å². The van der Waals surface area contributed by atoms with E-state index in [0.717, 1.165) is 54.6 Å². The molecule has 0 spiro atoms. The van der Waals surface area contributed by atoms with Gasteiger partial charge >= 0.3 is 0 Å². The largest absolute Gasteiger partial charge is 0.297 e. The smallest absolute Gasteiger partial charge is 0.276 e. The molecule has 0 radical (unpaired) electrons. The Morgan fingerprint density at radius 1 is 1.44 bits per heavy atom. The second-order valence-electron chi connectivity index (χ2n) is 4.36. The third kappa shape index (κ3) is 1.22. The van der Waals surface area contributed by atoms with Gasteiger partial charge in [-0.25, -0.2) is 9.50 Å². The van der Waals surface area contributed by atoms with Crippen LogP contribution in [0.5, 0.6) is 0 Å². The first-order valence-electron chi connectivity index (χ1n) is 5.92. The molecule has 1 aliphatic carbocycles. The van der Waals surface area contributed by atoms with Crippen LogP contribution in [0.3, 0.4) is 0 Å². The minimum atomic E-state index is 0.0967. The molecule has 2 aromatic heterocycles. The van der Waals surface area contributed by atoms with E-state index in [4.69, 9.17) is 0 Å². The Bertz CT molecular complexity index is 594. The molecular formula is C12H15N3O. The van der Waals surface area contributed by atoms with Gasteiger partial charge in [0.2, 0.25) is 0 Å². The third-order valence-electron chi connectivity index (χ3n) is 3.39. The summed E-state index contributed by atoms with van der Waals surface area (Å²) in [6, 6.07) is 0. The maximum Gasteiger partial charge on any atom is 0.276 e. The number of aryl methyl sites for hydroxylation is 2. The molecule has 3 rings (SSSR count). The summed E-state index contributed by atoms with van der Waals surface area (Å²) < 4.78 is 1.59. The number of hydrogen-bond donors (Lipinski definition) is 1. The Labute approximate surface area is 93.3 Å². The summed E-state index contributed by atoms with van der Waals surface area (Å²) in [5.74, 6) is 0. The minimum absolute atomic E-state index is 0.0967. The van der Waals surface area contributed by atoms with Crippen molar-refractivity contribution in [2.24, 2.45) is 0 Å². The van der Waals surface area contributed by atoms with Gasteiger partial charge in [-0.05, 0) is 32.1 Å². The zero-order valence-corrected chi connectivity index (χ0v) is 9.42. The third-order valence-corrected chi connectivity index (χ3v) is 3.39. The van der Waals surface area contributed by atoms with Gasteiger partial charge in [0.15, 0.2) is 5.65 Å². The van der Waals surface area contributed by atoms with E-state index in [1.54, 1.807) is 4.52 Å². The average molecular weight is 217 g/mol. The summed E-state index contributed by atoms with van der Waals surface area (Å²) in [5, 5.41) is 3.00. The van der Waals surface area contributed by atoms with Crippen LogP contribution in [-0.2, 0) is 19.3 Å². The van der Waals surface area contributed by atoms with E-state index in [2.05, 4.69) is 17.0 Å². The molecule has 0 unspecified atom stereocenters. The molecule has 0 saturated heterocycles. The van der Waals surface area contributed by atoms with E-state index >= 15 is 0 Å². The van der Waals surface area contributed by atoms with E-state index < -0.39 is 0 Å². The summed E-state index contributed by atoms with van der Waals surface area (Å²) in [4.78, 5) is 16.8. The van der Waals surface area contributed by atoms with E-state index in [1.807, 2.05) is 6.20 Å². The quantitative estimate of drug-likeness (QED) is 0.786. The molecule has 4 nitrogen and oxygen atoms in total. The van der Waals surface area contributed by atoms with Crippen LogP contribution in [0.2, 0.25) is 0 Å². The van der Waals surface area contributed by atoms with Crippen molar-refractivity contribution in [3.05, 3.63) is 33.4 Å². The summed E-state index contributed by atoms with van der Waals surface area (Å²) in [6.07, 6.45) is 6.88. The number of fused-ring (bicyclic) bond motifs is 2. The Morgan fingerprint density at radius 3 is 3.06 bits per heavy atom. The van der Waals surface area contributed by atoms with Gasteiger partial charge in [0, 0.05) is 17.3 Å². The zero-order chi connectivity index (χ0) is 11.1. The Balaban J connectivity index is 2.36. The predicted molar refractivity (Wildman–Crippen MR) is 61.8 cm³/mol. The van der Waals surface area contributed by atoms with Crippen molar-refractivity contribution >= 4 is 5.65 Å². The summed E-state index contributed by atoms with van der Waals surface area (Å²) in [7, 11) is 0. The first-order chi connectivity index (χ1) is 7.81. The highest BCUT2D eigenvalue weighted by Gasteiger charge is 2.17. The molecule has 2 aromatic rings. The predicted octanol–water partition coefficient (Wildman–Crippen LogP) is 1.46. The number of rotatable bonds is 1. The van der Waals surface area contributed by atoms with Gasteiger partial charge in [0.25, 0.3) is 5.56 Å². The van der Waals surface area contributed by atoms with E-state index in [1.165, 1.54) is 0 Å². The van der Waals surface area contributed by atoms with Crippen LogP contribution in [0.1, 0.15) is 36.6 Å². The zero-order valence-electron chi connectivity index (χ0n) is 9.42. The summed E-state index contributed by atoms with van der Waals surface area (Å²) in [5.41, 5.74) is 3.96. The topological polar surface area (TPSA) is 50.2 Å². The molecule has 0 saturated carbocycles. The van der Waals surface area contributed by atoms with Crippen molar-refractivity contribution < 1.29 is 0 Å². The first kappa shape index (κ1) is 9.63. The Kier molecular flexibility index (Phi) is 2.09. The Morgan fingerprint density at radius 2 is 2.25 bits per heavy atom. The van der Waals surface area contributed by atoms with Crippen molar-refractivity contribution in [1.82, 2.24) is 14.6 Å². The van der Waals surface area contributed by atoms with Gasteiger partial charge in [-0.3, -0.25) is 9.89 Å². The first-order valence-corrected chi connectivity index (χ1v) is 5.92. The summed E-state index contributed by atoms with van der Waals surface area (Å²) >= 11 is 0. The monoisotopic (exact) mass is 217 g/mol. The van der Waals surface area contributed by atoms with Crippen LogP contribution < -0.4 is 5.56 Å². The number of aromatic amines is 1. The fourth-order valence-electron chi connectivity index (χ4n) is 2.45. The maximum atomic E-state index is 12.2. The second-order valence-corrected chi connectivity index (χ2v) is 4.36. The van der Waals surface area contributed by atoms with Gasteiger partial charge in [0.05, 0.1) is 5.69 Å². The SMILES string of the molecule is CCc1c[nH]n2c(=O)c3c(nc12)CCCC3. The van der Waals surface area contributed by atoms with E-state index in [0.29, 0.717) is 0 Å². The molecule has 2 heterocycles. The van der Waals surface area contributed by atoms with Crippen molar-refractivity contribution in [2.75, 3.05) is 0 Å². The average Bonchev–Trinajstić information content (AvgIpc) is 2.72. The normalized spacial score (nSPS) is 15.3. The molecule has 0 fully saturated rings. The number of nitrogens with one attached hydrogen (secondary N) is 1. The van der Waals surface area contributed by atoms with Gasteiger partial charge in [-0.2, -0.15) is 0 Å².